The van der Waals surface area contributed by atoms with Gasteiger partial charge in [-0.25, -0.2) is 9.50 Å². The summed E-state index contributed by atoms with van der Waals surface area (Å²) in [6.07, 6.45) is 0.441. The normalized spacial score (nSPS) is 11.1. The van der Waals surface area contributed by atoms with Crippen LogP contribution in [0.15, 0.2) is 53.3 Å². The molecule has 0 aliphatic rings. The number of ether oxygens (including phenoxy) is 1. The molecule has 0 aliphatic heterocycles. The van der Waals surface area contributed by atoms with E-state index >= 15 is 0 Å². The first-order chi connectivity index (χ1) is 13.5. The maximum atomic E-state index is 13.2. The van der Waals surface area contributed by atoms with E-state index in [2.05, 4.69) is 5.10 Å². The van der Waals surface area contributed by atoms with Crippen LogP contribution < -0.4 is 10.3 Å². The van der Waals surface area contributed by atoms with E-state index in [0.717, 1.165) is 28.1 Å². The number of aromatic amines is 1. The molecule has 2 aromatic carbocycles. The van der Waals surface area contributed by atoms with Gasteiger partial charge in [-0.05, 0) is 43.2 Å². The smallest absolute Gasteiger partial charge is 0.276 e. The van der Waals surface area contributed by atoms with Crippen molar-refractivity contribution in [1.29, 1.82) is 0 Å². The topological polar surface area (TPSA) is 59.4 Å². The van der Waals surface area contributed by atoms with E-state index in [4.69, 9.17) is 21.3 Å². The summed E-state index contributed by atoms with van der Waals surface area (Å²) in [5, 5.41) is 3.81. The third-order valence-corrected chi connectivity index (χ3v) is 5.33. The number of nitrogens with zero attached hydrogens (tertiary/aromatic N) is 2. The third-order valence-electron chi connectivity index (χ3n) is 4.97. The van der Waals surface area contributed by atoms with E-state index in [1.807, 2.05) is 62.4 Å². The Balaban J connectivity index is 1.87. The van der Waals surface area contributed by atoms with Crippen LogP contribution in [0.25, 0.3) is 16.8 Å². The highest BCUT2D eigenvalue weighted by Crippen LogP contribution is 2.29. The Morgan fingerprint density at radius 1 is 1.11 bits per heavy atom. The maximum Gasteiger partial charge on any atom is 0.276 e. The Bertz CT molecular complexity index is 1220. The van der Waals surface area contributed by atoms with Crippen molar-refractivity contribution in [3.05, 3.63) is 86.4 Å². The third kappa shape index (κ3) is 3.08. The maximum absolute atomic E-state index is 13.2. The lowest BCUT2D eigenvalue weighted by atomic mass is 10.0. The van der Waals surface area contributed by atoms with Crippen molar-refractivity contribution in [2.75, 3.05) is 7.11 Å². The molecule has 0 bridgehead atoms. The first-order valence-electron chi connectivity index (χ1n) is 8.98. The van der Waals surface area contributed by atoms with Crippen molar-refractivity contribution in [2.24, 2.45) is 0 Å². The van der Waals surface area contributed by atoms with Gasteiger partial charge in [0.25, 0.3) is 5.56 Å². The van der Waals surface area contributed by atoms with Crippen LogP contribution in [-0.4, -0.2) is 21.7 Å². The predicted octanol–water partition coefficient (Wildman–Crippen LogP) is 4.56. The minimum absolute atomic E-state index is 0.106. The van der Waals surface area contributed by atoms with E-state index < -0.39 is 0 Å². The predicted molar refractivity (Wildman–Crippen MR) is 112 cm³/mol. The highest BCUT2D eigenvalue weighted by molar-refractivity contribution is 6.31. The number of fused-ring (bicyclic) bond motifs is 1. The molecule has 0 fully saturated rings. The summed E-state index contributed by atoms with van der Waals surface area (Å²) in [6, 6.07) is 15.3. The zero-order valence-corrected chi connectivity index (χ0v) is 16.7. The quantitative estimate of drug-likeness (QED) is 0.553. The number of benzene rings is 2. The molecule has 0 unspecified atom stereocenters. The Kier molecular flexibility index (Phi) is 4.69. The van der Waals surface area contributed by atoms with Crippen molar-refractivity contribution < 1.29 is 4.74 Å². The van der Waals surface area contributed by atoms with Crippen LogP contribution in [0.4, 0.5) is 0 Å². The van der Waals surface area contributed by atoms with E-state index in [9.17, 15) is 4.79 Å². The van der Waals surface area contributed by atoms with Crippen LogP contribution in [-0.2, 0) is 6.42 Å². The first kappa shape index (κ1) is 18.3. The van der Waals surface area contributed by atoms with Gasteiger partial charge < -0.3 is 4.74 Å². The fourth-order valence-electron chi connectivity index (χ4n) is 3.46. The van der Waals surface area contributed by atoms with Crippen molar-refractivity contribution in [3.8, 4) is 16.9 Å². The Hall–Kier alpha value is -3.05. The highest BCUT2D eigenvalue weighted by Gasteiger charge is 2.18. The molecular weight excluding hydrogens is 374 g/mol. The molecule has 4 rings (SSSR count). The molecule has 0 spiro atoms. The summed E-state index contributed by atoms with van der Waals surface area (Å²) in [5.74, 6) is 0.782. The van der Waals surface area contributed by atoms with E-state index in [-0.39, 0.29) is 5.56 Å². The second kappa shape index (κ2) is 7.17. The summed E-state index contributed by atoms with van der Waals surface area (Å²) < 4.78 is 6.76. The molecule has 5 nitrogen and oxygen atoms in total. The van der Waals surface area contributed by atoms with Crippen molar-refractivity contribution >= 4 is 17.2 Å². The van der Waals surface area contributed by atoms with Crippen molar-refractivity contribution in [3.63, 3.8) is 0 Å². The lowest BCUT2D eigenvalue weighted by Crippen LogP contribution is -2.22. The molecule has 0 saturated carbocycles. The lowest BCUT2D eigenvalue weighted by Gasteiger charge is -2.08. The van der Waals surface area contributed by atoms with Gasteiger partial charge in [0, 0.05) is 34.0 Å². The van der Waals surface area contributed by atoms with Crippen molar-refractivity contribution in [1.82, 2.24) is 14.6 Å². The second-order valence-electron chi connectivity index (χ2n) is 6.75. The van der Waals surface area contributed by atoms with Gasteiger partial charge in [0.15, 0.2) is 5.65 Å². The number of hydrogen-bond acceptors (Lipinski definition) is 3. The van der Waals surface area contributed by atoms with Gasteiger partial charge in [0.2, 0.25) is 0 Å². The van der Waals surface area contributed by atoms with Crippen molar-refractivity contribution in [2.45, 2.75) is 20.3 Å². The molecule has 2 aromatic heterocycles. The number of methoxy groups -OCH3 is 1. The van der Waals surface area contributed by atoms with Crippen LogP contribution in [0.5, 0.6) is 5.75 Å². The Morgan fingerprint density at radius 2 is 1.82 bits per heavy atom. The molecule has 0 aliphatic carbocycles. The number of aromatic nitrogens is 3. The minimum Gasteiger partial charge on any atom is -0.497 e. The molecule has 2 heterocycles. The first-order valence-corrected chi connectivity index (χ1v) is 9.36. The number of nitrogens with one attached hydrogen (secondary N) is 1. The van der Waals surface area contributed by atoms with Crippen LogP contribution in [0.2, 0.25) is 5.02 Å². The average Bonchev–Trinajstić information content (AvgIpc) is 3.02. The van der Waals surface area contributed by atoms with Gasteiger partial charge in [-0.2, -0.15) is 0 Å². The number of hydrogen-bond donors (Lipinski definition) is 1. The highest BCUT2D eigenvalue weighted by atomic mass is 35.5. The summed E-state index contributed by atoms with van der Waals surface area (Å²) >= 11 is 6.28. The molecular formula is C22H20ClN3O2. The van der Waals surface area contributed by atoms with Gasteiger partial charge in [0.05, 0.1) is 7.11 Å². The Labute approximate surface area is 167 Å². The van der Waals surface area contributed by atoms with Gasteiger partial charge in [-0.1, -0.05) is 41.9 Å². The molecule has 0 saturated heterocycles. The van der Waals surface area contributed by atoms with Gasteiger partial charge in [0.1, 0.15) is 5.75 Å². The molecule has 28 heavy (non-hydrogen) atoms. The minimum atomic E-state index is -0.106. The van der Waals surface area contributed by atoms with Crippen LogP contribution in [0.1, 0.15) is 22.5 Å². The van der Waals surface area contributed by atoms with Crippen LogP contribution in [0.3, 0.4) is 0 Å². The number of halogens is 1. The van der Waals surface area contributed by atoms with E-state index in [1.165, 1.54) is 4.52 Å². The van der Waals surface area contributed by atoms with E-state index in [0.29, 0.717) is 28.3 Å². The Morgan fingerprint density at radius 3 is 2.50 bits per heavy atom. The molecule has 6 heteroatoms. The molecule has 0 amide bonds. The number of H-pyrrole nitrogens is 1. The fourth-order valence-corrected chi connectivity index (χ4v) is 3.67. The lowest BCUT2D eigenvalue weighted by molar-refractivity contribution is 0.415. The summed E-state index contributed by atoms with van der Waals surface area (Å²) in [5.41, 5.74) is 5.52. The van der Waals surface area contributed by atoms with Crippen LogP contribution >= 0.6 is 11.6 Å². The molecule has 0 atom stereocenters. The molecule has 0 radical (unpaired) electrons. The standard InChI is InChI=1S/C22H20ClN3O2/c1-13-18(12-16-6-4-5-7-19(16)23)22(27)26-21(24-13)20(14(2)25-26)15-8-10-17(28-3)11-9-15/h4-11,25H,12H2,1-3H3. The van der Waals surface area contributed by atoms with Gasteiger partial charge in [-0.3, -0.25) is 9.89 Å². The zero-order valence-electron chi connectivity index (χ0n) is 15.9. The van der Waals surface area contributed by atoms with Gasteiger partial charge >= 0.3 is 0 Å². The summed E-state index contributed by atoms with van der Waals surface area (Å²) in [4.78, 5) is 18.0. The summed E-state index contributed by atoms with van der Waals surface area (Å²) in [7, 11) is 1.64. The largest absolute Gasteiger partial charge is 0.497 e. The SMILES string of the molecule is COc1ccc(-c2c(C)[nH]n3c(=O)c(Cc4ccccc4Cl)c(C)nc23)cc1. The van der Waals surface area contributed by atoms with Gasteiger partial charge in [-0.15, -0.1) is 0 Å². The van der Waals surface area contributed by atoms with E-state index in [1.54, 1.807) is 7.11 Å². The monoisotopic (exact) mass is 393 g/mol. The number of aryl methyl sites for hydroxylation is 2. The second-order valence-corrected chi connectivity index (χ2v) is 7.16. The summed E-state index contributed by atoms with van der Waals surface area (Å²) in [6.45, 7) is 3.81. The zero-order chi connectivity index (χ0) is 19.8. The molecule has 1 N–H and O–H groups in total. The molecule has 4 aromatic rings. The van der Waals surface area contributed by atoms with Crippen LogP contribution in [0, 0.1) is 13.8 Å². The molecule has 142 valence electrons. The average molecular weight is 394 g/mol. The number of rotatable bonds is 4. The fraction of sp³-hybridized carbons (Fsp3) is 0.182.